The van der Waals surface area contributed by atoms with Gasteiger partial charge in [-0.1, -0.05) is 0 Å². The third kappa shape index (κ3) is 3.68. The number of hydrogen-bond acceptors (Lipinski definition) is 7. The molecule has 0 atom stereocenters. The van der Waals surface area contributed by atoms with Crippen molar-refractivity contribution in [2.24, 2.45) is 0 Å². The van der Waals surface area contributed by atoms with Crippen molar-refractivity contribution in [2.45, 2.75) is 6.92 Å². The highest BCUT2D eigenvalue weighted by molar-refractivity contribution is 5.95. The smallest absolute Gasteiger partial charge is 0.254 e. The van der Waals surface area contributed by atoms with Crippen molar-refractivity contribution in [1.29, 1.82) is 0 Å². The Kier molecular flexibility index (Phi) is 5.22. The fourth-order valence-electron chi connectivity index (χ4n) is 3.37. The molecular formula is C20H24N6O3. The summed E-state index contributed by atoms with van der Waals surface area (Å²) in [5, 5.41) is 6.29. The fourth-order valence-corrected chi connectivity index (χ4v) is 3.37. The highest BCUT2D eigenvalue weighted by Gasteiger charge is 2.20. The minimum Gasteiger partial charge on any atom is -0.495 e. The molecule has 9 nitrogen and oxygen atoms in total. The van der Waals surface area contributed by atoms with Gasteiger partial charge < -0.3 is 30.0 Å². The number of hydrogen-bond donors (Lipinski definition) is 3. The Morgan fingerprint density at radius 2 is 2.07 bits per heavy atom. The quantitative estimate of drug-likeness (QED) is 0.609. The van der Waals surface area contributed by atoms with Crippen LogP contribution in [0.2, 0.25) is 0 Å². The molecule has 3 heterocycles. The molecule has 0 aliphatic carbocycles. The average Bonchev–Trinajstić information content (AvgIpc) is 3.14. The maximum Gasteiger partial charge on any atom is 0.254 e. The van der Waals surface area contributed by atoms with Crippen LogP contribution in [0.15, 0.2) is 24.4 Å². The molecule has 1 amide bonds. The zero-order valence-electron chi connectivity index (χ0n) is 16.7. The summed E-state index contributed by atoms with van der Waals surface area (Å²) < 4.78 is 10.8. The van der Waals surface area contributed by atoms with Crippen molar-refractivity contribution in [1.82, 2.24) is 19.9 Å². The first-order chi connectivity index (χ1) is 14.1. The lowest BCUT2D eigenvalue weighted by atomic mass is 10.1. The van der Waals surface area contributed by atoms with E-state index in [9.17, 15) is 4.79 Å². The van der Waals surface area contributed by atoms with Gasteiger partial charge in [-0.25, -0.2) is 4.98 Å². The van der Waals surface area contributed by atoms with Crippen molar-refractivity contribution >= 4 is 34.4 Å². The summed E-state index contributed by atoms with van der Waals surface area (Å²) in [6.07, 6.45) is 1.90. The molecule has 1 saturated heterocycles. The SMILES string of the molecule is CNc1nc(Nc2ccc(C(=O)N3CCOCC3)cc2OC)nc2c(C)c[nH]c12. The van der Waals surface area contributed by atoms with E-state index in [1.807, 2.05) is 26.2 Å². The third-order valence-electron chi connectivity index (χ3n) is 4.95. The number of ether oxygens (including phenoxy) is 2. The van der Waals surface area contributed by atoms with Crippen LogP contribution in [0.4, 0.5) is 17.5 Å². The number of nitrogens with one attached hydrogen (secondary N) is 3. The van der Waals surface area contributed by atoms with E-state index < -0.39 is 0 Å². The lowest BCUT2D eigenvalue weighted by molar-refractivity contribution is 0.0302. The Hall–Kier alpha value is -3.33. The van der Waals surface area contributed by atoms with Crippen molar-refractivity contribution in [3.05, 3.63) is 35.5 Å². The molecular weight excluding hydrogens is 372 g/mol. The summed E-state index contributed by atoms with van der Waals surface area (Å²) in [7, 11) is 3.39. The molecule has 152 valence electrons. The molecule has 0 bridgehead atoms. The van der Waals surface area contributed by atoms with Crippen LogP contribution in [-0.2, 0) is 4.74 Å². The maximum atomic E-state index is 12.7. The van der Waals surface area contributed by atoms with Crippen LogP contribution in [0.3, 0.4) is 0 Å². The van der Waals surface area contributed by atoms with Gasteiger partial charge in [0.1, 0.15) is 11.3 Å². The lowest BCUT2D eigenvalue weighted by Crippen LogP contribution is -2.40. The van der Waals surface area contributed by atoms with Gasteiger partial charge in [0.05, 0.1) is 31.5 Å². The molecule has 1 aliphatic rings. The van der Waals surface area contributed by atoms with Crippen LogP contribution in [0, 0.1) is 6.92 Å². The van der Waals surface area contributed by atoms with E-state index in [0.29, 0.717) is 55.1 Å². The first kappa shape index (κ1) is 19.0. The molecule has 1 fully saturated rings. The van der Waals surface area contributed by atoms with Gasteiger partial charge in [-0.2, -0.15) is 4.98 Å². The van der Waals surface area contributed by atoms with Crippen molar-refractivity contribution in [3.63, 3.8) is 0 Å². The summed E-state index contributed by atoms with van der Waals surface area (Å²) in [6, 6.07) is 5.32. The number of methoxy groups -OCH3 is 1. The molecule has 2 aromatic heterocycles. The number of aromatic nitrogens is 3. The van der Waals surface area contributed by atoms with Gasteiger partial charge >= 0.3 is 0 Å². The minimum atomic E-state index is -0.0313. The Morgan fingerprint density at radius 1 is 1.28 bits per heavy atom. The van der Waals surface area contributed by atoms with E-state index in [2.05, 4.69) is 25.6 Å². The molecule has 0 unspecified atom stereocenters. The third-order valence-corrected chi connectivity index (χ3v) is 4.95. The average molecular weight is 396 g/mol. The van der Waals surface area contributed by atoms with Crippen LogP contribution in [0.25, 0.3) is 11.0 Å². The Morgan fingerprint density at radius 3 is 2.79 bits per heavy atom. The maximum absolute atomic E-state index is 12.7. The van der Waals surface area contributed by atoms with Crippen LogP contribution in [0.1, 0.15) is 15.9 Å². The van der Waals surface area contributed by atoms with Gasteiger partial charge in [-0.15, -0.1) is 0 Å². The van der Waals surface area contributed by atoms with E-state index in [-0.39, 0.29) is 5.91 Å². The molecule has 9 heteroatoms. The van der Waals surface area contributed by atoms with Gasteiger partial charge in [0.15, 0.2) is 5.82 Å². The Balaban J connectivity index is 1.63. The standard InChI is InChI=1S/C20H24N6O3/c1-12-11-22-17-16(12)24-20(25-18(17)21-2)23-14-5-4-13(10-15(14)28-3)19(27)26-6-8-29-9-7-26/h4-5,10-11,22H,6-9H2,1-3H3,(H2,21,23,24,25). The topological polar surface area (TPSA) is 104 Å². The number of rotatable bonds is 5. The zero-order valence-corrected chi connectivity index (χ0v) is 16.7. The highest BCUT2D eigenvalue weighted by atomic mass is 16.5. The number of morpholine rings is 1. The Bertz CT molecular complexity index is 1040. The van der Waals surface area contributed by atoms with E-state index in [0.717, 1.165) is 16.6 Å². The van der Waals surface area contributed by atoms with Crippen molar-refractivity contribution in [3.8, 4) is 5.75 Å². The van der Waals surface area contributed by atoms with E-state index in [4.69, 9.17) is 9.47 Å². The summed E-state index contributed by atoms with van der Waals surface area (Å²) >= 11 is 0. The molecule has 0 radical (unpaired) electrons. The second kappa shape index (κ2) is 7.96. The number of carbonyl (C=O) groups excluding carboxylic acids is 1. The molecule has 3 N–H and O–H groups in total. The second-order valence-electron chi connectivity index (χ2n) is 6.79. The van der Waals surface area contributed by atoms with Crippen molar-refractivity contribution < 1.29 is 14.3 Å². The number of carbonyl (C=O) groups is 1. The number of fused-ring (bicyclic) bond motifs is 1. The van der Waals surface area contributed by atoms with Crippen LogP contribution in [0.5, 0.6) is 5.75 Å². The summed E-state index contributed by atoms with van der Waals surface area (Å²) in [5.41, 5.74) is 3.97. The molecule has 0 saturated carbocycles. The van der Waals surface area contributed by atoms with Gasteiger partial charge in [0, 0.05) is 31.9 Å². The van der Waals surface area contributed by atoms with E-state index in [1.165, 1.54) is 0 Å². The number of nitrogens with zero attached hydrogens (tertiary/aromatic N) is 3. The normalized spacial score (nSPS) is 14.1. The number of aromatic amines is 1. The van der Waals surface area contributed by atoms with Gasteiger partial charge in [0.2, 0.25) is 5.95 Å². The zero-order chi connectivity index (χ0) is 20.4. The van der Waals surface area contributed by atoms with E-state index in [1.54, 1.807) is 24.1 Å². The fraction of sp³-hybridized carbons (Fsp3) is 0.350. The van der Waals surface area contributed by atoms with Crippen LogP contribution in [-0.4, -0.2) is 66.2 Å². The molecule has 4 rings (SSSR count). The second-order valence-corrected chi connectivity index (χ2v) is 6.79. The number of amides is 1. The minimum absolute atomic E-state index is 0.0313. The van der Waals surface area contributed by atoms with Gasteiger partial charge in [-0.3, -0.25) is 4.79 Å². The van der Waals surface area contributed by atoms with Gasteiger partial charge in [-0.05, 0) is 30.7 Å². The molecule has 29 heavy (non-hydrogen) atoms. The van der Waals surface area contributed by atoms with Gasteiger partial charge in [0.25, 0.3) is 5.91 Å². The number of H-pyrrole nitrogens is 1. The Labute approximate surface area is 168 Å². The molecule has 0 spiro atoms. The molecule has 1 aliphatic heterocycles. The monoisotopic (exact) mass is 396 g/mol. The predicted molar refractivity (Wildman–Crippen MR) is 111 cm³/mol. The summed E-state index contributed by atoms with van der Waals surface area (Å²) in [5.74, 6) is 1.65. The van der Waals surface area contributed by atoms with Crippen LogP contribution < -0.4 is 15.4 Å². The molecule has 3 aromatic rings. The highest BCUT2D eigenvalue weighted by Crippen LogP contribution is 2.30. The van der Waals surface area contributed by atoms with Crippen LogP contribution >= 0.6 is 0 Å². The number of benzene rings is 1. The summed E-state index contributed by atoms with van der Waals surface area (Å²) in [4.78, 5) is 26.8. The first-order valence-corrected chi connectivity index (χ1v) is 9.46. The predicted octanol–water partition coefficient (Wildman–Crippen LogP) is 2.53. The lowest BCUT2D eigenvalue weighted by Gasteiger charge is -2.27. The summed E-state index contributed by atoms with van der Waals surface area (Å²) in [6.45, 7) is 4.31. The van der Waals surface area contributed by atoms with Crippen molar-refractivity contribution in [2.75, 3.05) is 51.1 Å². The first-order valence-electron chi connectivity index (χ1n) is 9.46. The van der Waals surface area contributed by atoms with E-state index >= 15 is 0 Å². The number of anilines is 3. The molecule has 1 aromatic carbocycles. The largest absolute Gasteiger partial charge is 0.495 e. The number of aryl methyl sites for hydroxylation is 1.